The summed E-state index contributed by atoms with van der Waals surface area (Å²) < 4.78 is 1.67. The van der Waals surface area contributed by atoms with E-state index in [0.29, 0.717) is 34.3 Å². The molecule has 0 aliphatic carbocycles. The van der Waals surface area contributed by atoms with Gasteiger partial charge in [-0.25, -0.2) is 4.98 Å². The maximum Gasteiger partial charge on any atom is 0.260 e. The fourth-order valence-electron chi connectivity index (χ4n) is 4.75. The Morgan fingerprint density at radius 3 is 2.59 bits per heavy atom. The third-order valence-electron chi connectivity index (χ3n) is 7.05. The van der Waals surface area contributed by atoms with Crippen molar-refractivity contribution in [2.75, 3.05) is 31.5 Å². The first-order valence-electron chi connectivity index (χ1n) is 14.0. The maximum atomic E-state index is 14.0. The topological polar surface area (TPSA) is 92.1 Å². The smallest absolute Gasteiger partial charge is 0.260 e. The Hall–Kier alpha value is -4.01. The molecule has 4 rings (SSSR count). The van der Waals surface area contributed by atoms with E-state index in [9.17, 15) is 9.59 Å². The molecule has 4 aromatic rings. The van der Waals surface area contributed by atoms with Crippen molar-refractivity contribution in [2.45, 2.75) is 39.8 Å². The van der Waals surface area contributed by atoms with E-state index in [1.807, 2.05) is 48.5 Å². The number of carbonyl (C=O) groups is 1. The van der Waals surface area contributed by atoms with Crippen molar-refractivity contribution in [1.29, 1.82) is 0 Å². The highest BCUT2D eigenvalue weighted by atomic mass is 35.5. The van der Waals surface area contributed by atoms with Crippen LogP contribution in [0.25, 0.3) is 22.2 Å². The first-order chi connectivity index (χ1) is 19.9. The van der Waals surface area contributed by atoms with Crippen LogP contribution in [0.15, 0.2) is 78.2 Å². The molecule has 0 aliphatic rings. The van der Waals surface area contributed by atoms with Crippen molar-refractivity contribution in [2.24, 2.45) is 0 Å². The molecule has 0 saturated carbocycles. The van der Waals surface area contributed by atoms with Gasteiger partial charge in [0, 0.05) is 40.8 Å². The van der Waals surface area contributed by atoms with Crippen molar-refractivity contribution in [1.82, 2.24) is 24.8 Å². The summed E-state index contributed by atoms with van der Waals surface area (Å²) in [5.74, 6) is 0.245. The number of aromatic nitrogens is 3. The Kier molecular flexibility index (Phi) is 10.6. The summed E-state index contributed by atoms with van der Waals surface area (Å²) in [4.78, 5) is 37.3. The van der Waals surface area contributed by atoms with Crippen LogP contribution in [-0.2, 0) is 17.9 Å². The summed E-state index contributed by atoms with van der Waals surface area (Å²) in [5.41, 5.74) is 3.31. The lowest BCUT2D eigenvalue weighted by molar-refractivity contribution is -0.116. The molecule has 0 spiro atoms. The van der Waals surface area contributed by atoms with E-state index in [0.717, 1.165) is 55.5 Å². The van der Waals surface area contributed by atoms with Crippen LogP contribution in [0.2, 0.25) is 5.02 Å². The molecule has 0 saturated heterocycles. The monoisotopic (exact) mass is 572 g/mol. The van der Waals surface area contributed by atoms with Crippen molar-refractivity contribution in [3.63, 3.8) is 0 Å². The third-order valence-corrected chi connectivity index (χ3v) is 7.38. The van der Waals surface area contributed by atoms with Gasteiger partial charge in [0.2, 0.25) is 11.9 Å². The Morgan fingerprint density at radius 2 is 1.83 bits per heavy atom. The summed E-state index contributed by atoms with van der Waals surface area (Å²) in [6, 6.07) is 16.9. The van der Waals surface area contributed by atoms with Crippen molar-refractivity contribution in [3.8, 4) is 11.1 Å². The predicted molar refractivity (Wildman–Crippen MR) is 167 cm³/mol. The van der Waals surface area contributed by atoms with Gasteiger partial charge in [-0.1, -0.05) is 74.5 Å². The average Bonchev–Trinajstić information content (AvgIpc) is 2.99. The van der Waals surface area contributed by atoms with E-state index in [1.54, 1.807) is 16.8 Å². The fraction of sp³-hybridized carbons (Fsp3) is 0.312. The minimum Gasteiger partial charge on any atom is -0.354 e. The molecule has 41 heavy (non-hydrogen) atoms. The molecule has 1 amide bonds. The first kappa shape index (κ1) is 30.0. The zero-order valence-corrected chi connectivity index (χ0v) is 24.5. The Morgan fingerprint density at radius 1 is 1.05 bits per heavy atom. The molecular formula is C32H37ClN6O2. The zero-order chi connectivity index (χ0) is 29.2. The van der Waals surface area contributed by atoms with Crippen LogP contribution in [0.5, 0.6) is 0 Å². The van der Waals surface area contributed by atoms with E-state index in [1.165, 1.54) is 6.08 Å². The SMILES string of the molecule is C=CC(=O)NCc1cccc(Cn2c(=O)c(-c3ccccc3Cl)cc3cnc(NCCCCN(CC)CC)nc32)c1. The highest BCUT2D eigenvalue weighted by Crippen LogP contribution is 2.27. The number of carbonyl (C=O) groups excluding carboxylic acids is 1. The molecule has 214 valence electrons. The summed E-state index contributed by atoms with van der Waals surface area (Å²) >= 11 is 6.50. The van der Waals surface area contributed by atoms with E-state index in [4.69, 9.17) is 16.6 Å². The lowest BCUT2D eigenvalue weighted by Gasteiger charge is -2.17. The molecule has 0 atom stereocenters. The normalized spacial score (nSPS) is 11.1. The number of nitrogens with zero attached hydrogens (tertiary/aromatic N) is 4. The molecular weight excluding hydrogens is 536 g/mol. The number of anilines is 1. The molecule has 2 aromatic carbocycles. The molecule has 0 bridgehead atoms. The number of benzene rings is 2. The standard InChI is InChI=1S/C32H37ClN6O2/c1-4-29(40)35-20-23-12-11-13-24(18-23)22-39-30-25(19-27(31(39)41)26-14-7-8-15-28(26)33)21-36-32(37-30)34-16-9-10-17-38(5-2)6-3/h4,7-8,11-15,18-19,21H,1,5-6,9-10,16-17,20,22H2,2-3H3,(H,35,40)(H,34,36,37). The van der Waals surface area contributed by atoms with Gasteiger partial charge in [-0.05, 0) is 61.8 Å². The second kappa shape index (κ2) is 14.6. The molecule has 0 radical (unpaired) electrons. The van der Waals surface area contributed by atoms with E-state index < -0.39 is 0 Å². The second-order valence-electron chi connectivity index (χ2n) is 9.80. The van der Waals surface area contributed by atoms with Crippen molar-refractivity contribution >= 4 is 34.5 Å². The van der Waals surface area contributed by atoms with Crippen LogP contribution < -0.4 is 16.2 Å². The minimum atomic E-state index is -0.241. The van der Waals surface area contributed by atoms with Crippen LogP contribution in [0, 0.1) is 0 Å². The number of nitrogens with one attached hydrogen (secondary N) is 2. The number of amides is 1. The Bertz CT molecular complexity index is 1560. The Labute approximate surface area is 246 Å². The highest BCUT2D eigenvalue weighted by molar-refractivity contribution is 6.33. The first-order valence-corrected chi connectivity index (χ1v) is 14.4. The lowest BCUT2D eigenvalue weighted by atomic mass is 10.1. The van der Waals surface area contributed by atoms with Gasteiger partial charge in [-0.3, -0.25) is 14.2 Å². The lowest BCUT2D eigenvalue weighted by Crippen LogP contribution is -2.25. The summed E-state index contributed by atoms with van der Waals surface area (Å²) in [7, 11) is 0. The van der Waals surface area contributed by atoms with E-state index in [2.05, 4.69) is 40.9 Å². The summed E-state index contributed by atoms with van der Waals surface area (Å²) in [6.45, 7) is 12.4. The molecule has 2 aromatic heterocycles. The van der Waals surface area contributed by atoms with Crippen LogP contribution >= 0.6 is 11.6 Å². The quantitative estimate of drug-likeness (QED) is 0.153. The number of rotatable bonds is 14. The number of hydrogen-bond acceptors (Lipinski definition) is 6. The van der Waals surface area contributed by atoms with Gasteiger partial charge in [0.1, 0.15) is 5.65 Å². The predicted octanol–water partition coefficient (Wildman–Crippen LogP) is 5.50. The third kappa shape index (κ3) is 7.80. The Balaban J connectivity index is 1.66. The highest BCUT2D eigenvalue weighted by Gasteiger charge is 2.16. The number of unbranched alkanes of at least 4 members (excludes halogenated alkanes) is 1. The molecule has 9 heteroatoms. The molecule has 2 N–H and O–H groups in total. The van der Waals surface area contributed by atoms with Crippen LogP contribution in [-0.4, -0.2) is 51.5 Å². The van der Waals surface area contributed by atoms with Gasteiger partial charge in [0.15, 0.2) is 0 Å². The van der Waals surface area contributed by atoms with Gasteiger partial charge in [-0.2, -0.15) is 4.98 Å². The van der Waals surface area contributed by atoms with Crippen LogP contribution in [0.1, 0.15) is 37.8 Å². The van der Waals surface area contributed by atoms with Crippen molar-refractivity contribution in [3.05, 3.63) is 100.0 Å². The number of pyridine rings is 1. The maximum absolute atomic E-state index is 14.0. The molecule has 0 aliphatic heterocycles. The van der Waals surface area contributed by atoms with E-state index >= 15 is 0 Å². The fourth-order valence-corrected chi connectivity index (χ4v) is 4.98. The van der Waals surface area contributed by atoms with Crippen LogP contribution in [0.4, 0.5) is 5.95 Å². The summed E-state index contributed by atoms with van der Waals surface area (Å²) in [6.07, 6.45) is 5.06. The van der Waals surface area contributed by atoms with Gasteiger partial charge in [0.05, 0.1) is 6.54 Å². The number of halogens is 1. The van der Waals surface area contributed by atoms with Gasteiger partial charge in [-0.15, -0.1) is 0 Å². The van der Waals surface area contributed by atoms with Crippen molar-refractivity contribution < 1.29 is 4.79 Å². The van der Waals surface area contributed by atoms with Crippen LogP contribution in [0.3, 0.4) is 0 Å². The molecule has 0 unspecified atom stereocenters. The molecule has 2 heterocycles. The van der Waals surface area contributed by atoms with Gasteiger partial charge in [0.25, 0.3) is 5.56 Å². The zero-order valence-electron chi connectivity index (χ0n) is 23.7. The largest absolute Gasteiger partial charge is 0.354 e. The molecule has 8 nitrogen and oxygen atoms in total. The average molecular weight is 573 g/mol. The minimum absolute atomic E-state index is 0.195. The van der Waals surface area contributed by atoms with Gasteiger partial charge >= 0.3 is 0 Å². The summed E-state index contributed by atoms with van der Waals surface area (Å²) in [5, 5.41) is 7.36. The van der Waals surface area contributed by atoms with E-state index in [-0.39, 0.29) is 18.0 Å². The van der Waals surface area contributed by atoms with Gasteiger partial charge < -0.3 is 15.5 Å². The second-order valence-corrected chi connectivity index (χ2v) is 10.2. The number of hydrogen-bond donors (Lipinski definition) is 2. The number of fused-ring (bicyclic) bond motifs is 1. The molecule has 0 fully saturated rings.